The molecule has 5 heteroatoms. The first kappa shape index (κ1) is 12.6. The highest BCUT2D eigenvalue weighted by atomic mass is 16.7. The predicted octanol–water partition coefficient (Wildman–Crippen LogP) is -0.592. The molecule has 5 nitrogen and oxygen atoms in total. The molecular weight excluding hydrogens is 200 g/mol. The normalized spacial score (nSPS) is 36.5. The van der Waals surface area contributed by atoms with Crippen molar-refractivity contribution in [3.05, 3.63) is 12.7 Å². The minimum Gasteiger partial charge on any atom is -0.388 e. The van der Waals surface area contributed by atoms with Crippen LogP contribution in [-0.2, 0) is 9.47 Å². The molecule has 4 atom stereocenters. The van der Waals surface area contributed by atoms with Crippen LogP contribution in [-0.4, -0.2) is 53.1 Å². The van der Waals surface area contributed by atoms with Crippen LogP contribution in [0.5, 0.6) is 0 Å². The molecule has 1 aliphatic rings. The summed E-state index contributed by atoms with van der Waals surface area (Å²) < 4.78 is 10.3. The van der Waals surface area contributed by atoms with E-state index in [-0.39, 0.29) is 6.61 Å². The molecule has 1 heterocycles. The Morgan fingerprint density at radius 1 is 1.33 bits per heavy atom. The third kappa shape index (κ3) is 3.55. The van der Waals surface area contributed by atoms with E-state index in [4.69, 9.17) is 9.47 Å². The molecule has 3 N–H and O–H groups in total. The van der Waals surface area contributed by atoms with Gasteiger partial charge in [0.05, 0.1) is 13.2 Å². The van der Waals surface area contributed by atoms with Gasteiger partial charge in [-0.3, -0.25) is 0 Å². The van der Waals surface area contributed by atoms with Gasteiger partial charge in [-0.25, -0.2) is 0 Å². The largest absolute Gasteiger partial charge is 0.388 e. The highest BCUT2D eigenvalue weighted by Crippen LogP contribution is 2.16. The van der Waals surface area contributed by atoms with Crippen molar-refractivity contribution in [2.24, 2.45) is 0 Å². The highest BCUT2D eigenvalue weighted by molar-refractivity contribution is 4.82. The van der Waals surface area contributed by atoms with Crippen molar-refractivity contribution in [2.75, 3.05) is 13.2 Å². The number of rotatable bonds is 5. The minimum absolute atomic E-state index is 0.0235. The summed E-state index contributed by atoms with van der Waals surface area (Å²) in [4.78, 5) is 0. The maximum atomic E-state index is 9.48. The Kier molecular flexibility index (Phi) is 5.21. The number of hydrogen-bond donors (Lipinski definition) is 3. The number of aliphatic hydroxyl groups is 3. The van der Waals surface area contributed by atoms with Crippen LogP contribution in [0.15, 0.2) is 12.7 Å². The third-order valence-electron chi connectivity index (χ3n) is 2.29. The van der Waals surface area contributed by atoms with Gasteiger partial charge in [-0.15, -0.1) is 6.58 Å². The van der Waals surface area contributed by atoms with E-state index in [2.05, 4.69) is 6.58 Å². The second kappa shape index (κ2) is 6.19. The first-order valence-corrected chi connectivity index (χ1v) is 5.05. The lowest BCUT2D eigenvalue weighted by Crippen LogP contribution is -2.53. The van der Waals surface area contributed by atoms with E-state index in [0.717, 1.165) is 12.8 Å². The minimum atomic E-state index is -1.21. The van der Waals surface area contributed by atoms with Gasteiger partial charge in [0.15, 0.2) is 6.29 Å². The van der Waals surface area contributed by atoms with Gasteiger partial charge in [-0.05, 0) is 12.8 Å². The average Bonchev–Trinajstić information content (AvgIpc) is 2.24. The fraction of sp³-hybridized carbons (Fsp3) is 0.800. The maximum absolute atomic E-state index is 9.48. The van der Waals surface area contributed by atoms with Crippen LogP contribution in [0.4, 0.5) is 0 Å². The van der Waals surface area contributed by atoms with Crippen LogP contribution in [0.3, 0.4) is 0 Å². The topological polar surface area (TPSA) is 79.2 Å². The molecule has 1 fully saturated rings. The lowest BCUT2D eigenvalue weighted by Gasteiger charge is -2.34. The van der Waals surface area contributed by atoms with Crippen LogP contribution in [0.2, 0.25) is 0 Å². The molecule has 0 amide bonds. The maximum Gasteiger partial charge on any atom is 0.186 e. The molecule has 0 aromatic heterocycles. The molecule has 1 saturated heterocycles. The van der Waals surface area contributed by atoms with Crippen molar-refractivity contribution in [3.8, 4) is 0 Å². The summed E-state index contributed by atoms with van der Waals surface area (Å²) >= 11 is 0. The molecule has 0 aliphatic carbocycles. The van der Waals surface area contributed by atoms with Gasteiger partial charge in [0.2, 0.25) is 0 Å². The summed E-state index contributed by atoms with van der Waals surface area (Å²) in [7, 11) is 0. The van der Waals surface area contributed by atoms with Gasteiger partial charge in [0.25, 0.3) is 0 Å². The first-order chi connectivity index (χ1) is 7.16. The van der Waals surface area contributed by atoms with Gasteiger partial charge < -0.3 is 24.8 Å². The van der Waals surface area contributed by atoms with E-state index < -0.39 is 24.6 Å². The van der Waals surface area contributed by atoms with Gasteiger partial charge in [-0.1, -0.05) is 6.08 Å². The summed E-state index contributed by atoms with van der Waals surface area (Å²) in [6, 6.07) is 0. The molecule has 1 aliphatic heterocycles. The molecule has 88 valence electrons. The molecule has 1 rings (SSSR count). The van der Waals surface area contributed by atoms with Gasteiger partial charge in [-0.2, -0.15) is 0 Å². The van der Waals surface area contributed by atoms with E-state index in [0.29, 0.717) is 6.61 Å². The monoisotopic (exact) mass is 218 g/mol. The Morgan fingerprint density at radius 2 is 2.07 bits per heavy atom. The second-order valence-electron chi connectivity index (χ2n) is 3.55. The van der Waals surface area contributed by atoms with Crippen molar-refractivity contribution < 1.29 is 24.8 Å². The summed E-state index contributed by atoms with van der Waals surface area (Å²) in [6.45, 7) is 3.98. The molecule has 0 aromatic rings. The molecule has 15 heavy (non-hydrogen) atoms. The predicted molar refractivity (Wildman–Crippen MR) is 53.1 cm³/mol. The fourth-order valence-corrected chi connectivity index (χ4v) is 1.35. The molecular formula is C10H18O5. The van der Waals surface area contributed by atoms with E-state index in [1.807, 2.05) is 0 Å². The van der Waals surface area contributed by atoms with Gasteiger partial charge in [0, 0.05) is 0 Å². The van der Waals surface area contributed by atoms with Gasteiger partial charge in [0.1, 0.15) is 18.3 Å². The zero-order chi connectivity index (χ0) is 11.3. The van der Waals surface area contributed by atoms with E-state index in [9.17, 15) is 15.3 Å². The number of ether oxygens (including phenoxy) is 2. The number of allylic oxidation sites excluding steroid dienone is 1. The Labute approximate surface area is 88.9 Å². The molecule has 0 spiro atoms. The lowest BCUT2D eigenvalue weighted by molar-refractivity contribution is -0.269. The Balaban J connectivity index is 2.26. The molecule has 0 saturated carbocycles. The van der Waals surface area contributed by atoms with Crippen LogP contribution in [0, 0.1) is 0 Å². The van der Waals surface area contributed by atoms with E-state index in [1.165, 1.54) is 0 Å². The van der Waals surface area contributed by atoms with Crippen LogP contribution in [0.25, 0.3) is 0 Å². The van der Waals surface area contributed by atoms with Crippen LogP contribution in [0.1, 0.15) is 12.8 Å². The van der Waals surface area contributed by atoms with Crippen molar-refractivity contribution >= 4 is 0 Å². The summed E-state index contributed by atoms with van der Waals surface area (Å²) in [5, 5.41) is 28.0. The second-order valence-corrected chi connectivity index (χ2v) is 3.55. The molecule has 0 aromatic carbocycles. The molecule has 0 unspecified atom stereocenters. The standard InChI is InChI=1S/C10H18O5/c1-2-3-4-5-14-10-9(13)8(12)7(11)6-15-10/h2,7-13H,1,3-6H2/t7-,8+,9-,10-/m1/s1. The quantitative estimate of drug-likeness (QED) is 0.424. The highest BCUT2D eigenvalue weighted by Gasteiger charge is 2.37. The first-order valence-electron chi connectivity index (χ1n) is 5.05. The Hall–Kier alpha value is -0.460. The van der Waals surface area contributed by atoms with Crippen LogP contribution < -0.4 is 0 Å². The number of aliphatic hydroxyl groups excluding tert-OH is 3. The average molecular weight is 218 g/mol. The Bertz CT molecular complexity index is 196. The lowest BCUT2D eigenvalue weighted by atomic mass is 10.1. The molecule has 0 bridgehead atoms. The SMILES string of the molecule is C=CCCCO[C@@H]1OC[C@@H](O)[C@H](O)[C@H]1O. The smallest absolute Gasteiger partial charge is 0.186 e. The van der Waals surface area contributed by atoms with Crippen molar-refractivity contribution in [1.29, 1.82) is 0 Å². The number of unbranched alkanes of at least 4 members (excludes halogenated alkanes) is 1. The third-order valence-corrected chi connectivity index (χ3v) is 2.29. The van der Waals surface area contributed by atoms with E-state index >= 15 is 0 Å². The Morgan fingerprint density at radius 3 is 2.73 bits per heavy atom. The zero-order valence-corrected chi connectivity index (χ0v) is 8.58. The van der Waals surface area contributed by atoms with Crippen LogP contribution >= 0.6 is 0 Å². The number of hydrogen-bond acceptors (Lipinski definition) is 5. The fourth-order valence-electron chi connectivity index (χ4n) is 1.35. The summed E-state index contributed by atoms with van der Waals surface area (Å²) in [5.74, 6) is 0. The van der Waals surface area contributed by atoms with E-state index in [1.54, 1.807) is 6.08 Å². The summed E-state index contributed by atoms with van der Waals surface area (Å²) in [5.41, 5.74) is 0. The summed E-state index contributed by atoms with van der Waals surface area (Å²) in [6.07, 6.45) is -0.912. The van der Waals surface area contributed by atoms with Crippen molar-refractivity contribution in [2.45, 2.75) is 37.4 Å². The molecule has 0 radical (unpaired) electrons. The zero-order valence-electron chi connectivity index (χ0n) is 8.58. The van der Waals surface area contributed by atoms with Gasteiger partial charge >= 0.3 is 0 Å². The van der Waals surface area contributed by atoms with Crippen molar-refractivity contribution in [3.63, 3.8) is 0 Å². The van der Waals surface area contributed by atoms with Crippen molar-refractivity contribution in [1.82, 2.24) is 0 Å².